The van der Waals surface area contributed by atoms with Gasteiger partial charge in [0.25, 0.3) is 0 Å². The van der Waals surface area contributed by atoms with E-state index in [1.165, 1.54) is 32.1 Å². The molecule has 134 valence electrons. The van der Waals surface area contributed by atoms with E-state index in [4.69, 9.17) is 19.3 Å². The number of nitrogens with zero attached hydrogens (tertiary/aromatic N) is 2. The minimum Gasteiger partial charge on any atom is -0.382 e. The third-order valence-electron chi connectivity index (χ3n) is 4.65. The zero-order valence-corrected chi connectivity index (χ0v) is 15.3. The van der Waals surface area contributed by atoms with Crippen LogP contribution < -0.4 is 0 Å². The molecule has 0 saturated carbocycles. The molecular weight excluding hydrogens is 292 g/mol. The van der Waals surface area contributed by atoms with Crippen LogP contribution >= 0.6 is 0 Å². The van der Waals surface area contributed by atoms with Gasteiger partial charge in [-0.1, -0.05) is 32.6 Å². The Morgan fingerprint density at radius 1 is 1.30 bits per heavy atom. The molecule has 0 aliphatic carbocycles. The molecule has 5 heteroatoms. The molecular formula is C18H34N2O3. The number of unbranched alkanes of at least 4 members (excludes halogenated alkanes) is 3. The van der Waals surface area contributed by atoms with Gasteiger partial charge in [-0.2, -0.15) is 5.10 Å². The minimum atomic E-state index is -0.509. The Kier molecular flexibility index (Phi) is 7.31. The first-order valence-electron chi connectivity index (χ1n) is 9.20. The first-order valence-corrected chi connectivity index (χ1v) is 9.20. The van der Waals surface area contributed by atoms with Gasteiger partial charge in [-0.15, -0.1) is 0 Å². The van der Waals surface area contributed by atoms with Crippen LogP contribution in [-0.2, 0) is 14.2 Å². The summed E-state index contributed by atoms with van der Waals surface area (Å²) in [6, 6.07) is 0.392. The third kappa shape index (κ3) is 5.73. The summed E-state index contributed by atoms with van der Waals surface area (Å²) < 4.78 is 17.3. The Hall–Kier alpha value is -0.650. The van der Waals surface area contributed by atoms with E-state index in [1.807, 2.05) is 13.8 Å². The highest BCUT2D eigenvalue weighted by molar-refractivity contribution is 5.90. The normalized spacial score (nSPS) is 29.4. The van der Waals surface area contributed by atoms with Crippen LogP contribution in [0.3, 0.4) is 0 Å². The van der Waals surface area contributed by atoms with Crippen LogP contribution in [0.2, 0.25) is 0 Å². The summed E-state index contributed by atoms with van der Waals surface area (Å²) in [5.41, 5.74) is 1.05. The number of hydrazone groups is 1. The Bertz CT molecular complexity index is 384. The van der Waals surface area contributed by atoms with Crippen LogP contribution in [0.4, 0.5) is 0 Å². The van der Waals surface area contributed by atoms with Gasteiger partial charge in [0.05, 0.1) is 25.0 Å². The molecule has 0 radical (unpaired) electrons. The van der Waals surface area contributed by atoms with Crippen molar-refractivity contribution in [2.45, 2.75) is 83.6 Å². The zero-order valence-electron chi connectivity index (χ0n) is 15.3. The molecule has 2 saturated heterocycles. The number of ether oxygens (including phenoxy) is 3. The fourth-order valence-corrected chi connectivity index (χ4v) is 3.34. The van der Waals surface area contributed by atoms with E-state index in [9.17, 15) is 0 Å². The van der Waals surface area contributed by atoms with Crippen molar-refractivity contribution in [3.05, 3.63) is 0 Å². The maximum atomic E-state index is 6.16. The number of methoxy groups -OCH3 is 1. The van der Waals surface area contributed by atoms with Gasteiger partial charge >= 0.3 is 0 Å². The van der Waals surface area contributed by atoms with E-state index in [0.29, 0.717) is 12.6 Å². The van der Waals surface area contributed by atoms with Gasteiger partial charge < -0.3 is 14.2 Å². The van der Waals surface area contributed by atoms with E-state index in [2.05, 4.69) is 11.9 Å². The molecule has 2 fully saturated rings. The van der Waals surface area contributed by atoms with Crippen LogP contribution in [0.25, 0.3) is 0 Å². The summed E-state index contributed by atoms with van der Waals surface area (Å²) >= 11 is 0. The van der Waals surface area contributed by atoms with Crippen LogP contribution in [0.15, 0.2) is 5.10 Å². The van der Waals surface area contributed by atoms with Crippen molar-refractivity contribution in [3.8, 4) is 0 Å². The summed E-state index contributed by atoms with van der Waals surface area (Å²) in [6.07, 6.45) is 8.46. The summed E-state index contributed by atoms with van der Waals surface area (Å²) in [5.74, 6) is -0.509. The lowest BCUT2D eigenvalue weighted by atomic mass is 10.0. The minimum absolute atomic E-state index is 0.0828. The van der Waals surface area contributed by atoms with Gasteiger partial charge in [0.2, 0.25) is 0 Å². The summed E-state index contributed by atoms with van der Waals surface area (Å²) in [4.78, 5) is 0. The molecule has 0 unspecified atom stereocenters. The molecule has 2 heterocycles. The Balaban J connectivity index is 1.99. The van der Waals surface area contributed by atoms with E-state index < -0.39 is 5.79 Å². The van der Waals surface area contributed by atoms with E-state index >= 15 is 0 Å². The van der Waals surface area contributed by atoms with Gasteiger partial charge in [-0.3, -0.25) is 5.01 Å². The van der Waals surface area contributed by atoms with Gasteiger partial charge in [0, 0.05) is 13.7 Å². The number of hydrogen-bond donors (Lipinski definition) is 0. The quantitative estimate of drug-likeness (QED) is 0.640. The van der Waals surface area contributed by atoms with Crippen LogP contribution in [0, 0.1) is 0 Å². The topological polar surface area (TPSA) is 43.3 Å². The largest absolute Gasteiger partial charge is 0.382 e. The molecule has 0 N–H and O–H groups in total. The lowest BCUT2D eigenvalue weighted by molar-refractivity contribution is -0.236. The maximum Gasteiger partial charge on any atom is 0.164 e. The van der Waals surface area contributed by atoms with Crippen molar-refractivity contribution >= 4 is 5.71 Å². The van der Waals surface area contributed by atoms with Gasteiger partial charge in [-0.05, 0) is 33.1 Å². The summed E-state index contributed by atoms with van der Waals surface area (Å²) in [7, 11) is 1.76. The zero-order chi connectivity index (χ0) is 16.7. The number of hydrogen-bond acceptors (Lipinski definition) is 5. The standard InChI is InChI=1S/C18H34N2O3/c1-5-6-7-8-11-17-16(14-22-18(2,3)23-17)19-20-12-9-10-15(20)13-21-4/h15,17H,5-14H2,1-4H3/b19-16+/t15-,17+/m0/s1. The monoisotopic (exact) mass is 326 g/mol. The van der Waals surface area contributed by atoms with Crippen LogP contribution in [0.5, 0.6) is 0 Å². The molecule has 5 nitrogen and oxygen atoms in total. The van der Waals surface area contributed by atoms with Crippen molar-refractivity contribution in [2.24, 2.45) is 5.10 Å². The second-order valence-corrected chi connectivity index (χ2v) is 7.15. The van der Waals surface area contributed by atoms with Crippen molar-refractivity contribution in [3.63, 3.8) is 0 Å². The highest BCUT2D eigenvalue weighted by atomic mass is 16.7. The summed E-state index contributed by atoms with van der Waals surface area (Å²) in [6.45, 7) is 8.54. The van der Waals surface area contributed by atoms with Gasteiger partial charge in [0.15, 0.2) is 5.79 Å². The SMILES string of the molecule is CCCCCC[C@H]1OC(C)(C)OC/C1=N\N1CCC[C@H]1COC. The predicted octanol–water partition coefficient (Wildman–Crippen LogP) is 3.58. The maximum absolute atomic E-state index is 6.16. The van der Waals surface area contributed by atoms with Crippen molar-refractivity contribution in [2.75, 3.05) is 26.9 Å². The molecule has 0 aromatic carbocycles. The average Bonchev–Trinajstić information content (AvgIpc) is 2.93. The number of rotatable bonds is 8. The first kappa shape index (κ1) is 18.7. The smallest absolute Gasteiger partial charge is 0.164 e. The van der Waals surface area contributed by atoms with Crippen molar-refractivity contribution < 1.29 is 14.2 Å². The van der Waals surface area contributed by atoms with E-state index in [0.717, 1.165) is 31.7 Å². The second kappa shape index (κ2) is 9.00. The van der Waals surface area contributed by atoms with Gasteiger partial charge in [0.1, 0.15) is 6.10 Å². The van der Waals surface area contributed by atoms with Crippen molar-refractivity contribution in [1.29, 1.82) is 0 Å². The predicted molar refractivity (Wildman–Crippen MR) is 92.7 cm³/mol. The summed E-state index contributed by atoms with van der Waals surface area (Å²) in [5, 5.41) is 7.08. The third-order valence-corrected chi connectivity index (χ3v) is 4.65. The molecule has 0 aromatic rings. The molecule has 0 bridgehead atoms. The lowest BCUT2D eigenvalue weighted by Crippen LogP contribution is -2.47. The molecule has 2 aliphatic heterocycles. The molecule has 2 aliphatic rings. The molecule has 0 amide bonds. The van der Waals surface area contributed by atoms with E-state index in [-0.39, 0.29) is 6.10 Å². The molecule has 2 rings (SSSR count). The van der Waals surface area contributed by atoms with Crippen LogP contribution in [-0.4, -0.2) is 55.5 Å². The highest BCUT2D eigenvalue weighted by Gasteiger charge is 2.35. The fraction of sp³-hybridized carbons (Fsp3) is 0.944. The Morgan fingerprint density at radius 3 is 2.87 bits per heavy atom. The second-order valence-electron chi connectivity index (χ2n) is 7.15. The van der Waals surface area contributed by atoms with Crippen molar-refractivity contribution in [1.82, 2.24) is 5.01 Å². The molecule has 23 heavy (non-hydrogen) atoms. The fourth-order valence-electron chi connectivity index (χ4n) is 3.34. The molecule has 0 aromatic heterocycles. The molecule has 2 atom stereocenters. The Labute approximate surface area is 141 Å². The first-order chi connectivity index (χ1) is 11.1. The van der Waals surface area contributed by atoms with E-state index in [1.54, 1.807) is 7.11 Å². The average molecular weight is 326 g/mol. The highest BCUT2D eigenvalue weighted by Crippen LogP contribution is 2.26. The van der Waals surface area contributed by atoms with Gasteiger partial charge in [-0.25, -0.2) is 0 Å². The lowest BCUT2D eigenvalue weighted by Gasteiger charge is -2.37. The van der Waals surface area contributed by atoms with Crippen LogP contribution in [0.1, 0.15) is 65.7 Å². The molecule has 0 spiro atoms. The Morgan fingerprint density at radius 2 is 2.13 bits per heavy atom.